The third kappa shape index (κ3) is 5.60. The highest BCUT2D eigenvalue weighted by atomic mass is 35.5. The molecule has 0 aliphatic carbocycles. The topological polar surface area (TPSA) is 88.3 Å². The summed E-state index contributed by atoms with van der Waals surface area (Å²) in [4.78, 5) is 36.2. The van der Waals surface area contributed by atoms with E-state index in [-0.39, 0.29) is 23.3 Å². The third-order valence-corrected chi connectivity index (χ3v) is 6.22. The second kappa shape index (κ2) is 10.2. The molecule has 1 aromatic carbocycles. The molecule has 0 bridgehead atoms. The standard InChI is InChI=1S/C25H27ClN4O3/c1-17-11-21(31)14-25(33)29(17)9-4-8-24(32)30-10-3-7-23(30)22-16-27-15-20(28-22)13-18-5-2-6-19(26)12-18/h2,5-6,11-12,14-16,23,31H,3-4,7-10,13H2,1H3/t23-/m1/s1. The number of nitrogens with zero attached hydrogens (tertiary/aromatic N) is 4. The lowest BCUT2D eigenvalue weighted by Gasteiger charge is -2.24. The van der Waals surface area contributed by atoms with Crippen LogP contribution in [0.2, 0.25) is 5.02 Å². The molecule has 0 unspecified atom stereocenters. The number of carbonyl (C=O) groups is 1. The smallest absolute Gasteiger partial charge is 0.254 e. The van der Waals surface area contributed by atoms with E-state index in [0.29, 0.717) is 43.1 Å². The summed E-state index contributed by atoms with van der Waals surface area (Å²) in [6, 6.07) is 10.3. The molecular weight excluding hydrogens is 440 g/mol. The fourth-order valence-corrected chi connectivity index (χ4v) is 4.64. The Hall–Kier alpha value is -3.19. The predicted molar refractivity (Wildman–Crippen MR) is 126 cm³/mol. The maximum Gasteiger partial charge on any atom is 0.254 e. The molecule has 1 aliphatic heterocycles. The lowest BCUT2D eigenvalue weighted by Crippen LogP contribution is -2.31. The van der Waals surface area contributed by atoms with Gasteiger partial charge in [-0.3, -0.25) is 19.6 Å². The van der Waals surface area contributed by atoms with Gasteiger partial charge in [-0.25, -0.2) is 0 Å². The van der Waals surface area contributed by atoms with E-state index in [1.807, 2.05) is 29.2 Å². The van der Waals surface area contributed by atoms with Gasteiger partial charge in [-0.15, -0.1) is 0 Å². The summed E-state index contributed by atoms with van der Waals surface area (Å²) >= 11 is 6.09. The Morgan fingerprint density at radius 3 is 2.88 bits per heavy atom. The van der Waals surface area contributed by atoms with Gasteiger partial charge in [0.1, 0.15) is 5.75 Å². The summed E-state index contributed by atoms with van der Waals surface area (Å²) in [6.07, 6.45) is 6.81. The number of aromatic hydroxyl groups is 1. The Kier molecular flexibility index (Phi) is 7.08. The molecule has 33 heavy (non-hydrogen) atoms. The van der Waals surface area contributed by atoms with Crippen molar-refractivity contribution in [3.8, 4) is 5.75 Å². The van der Waals surface area contributed by atoms with Crippen molar-refractivity contribution in [3.63, 3.8) is 0 Å². The van der Waals surface area contributed by atoms with Crippen molar-refractivity contribution in [1.82, 2.24) is 19.4 Å². The molecule has 2 aromatic heterocycles. The first-order valence-electron chi connectivity index (χ1n) is 11.2. The van der Waals surface area contributed by atoms with Gasteiger partial charge in [0, 0.05) is 48.9 Å². The monoisotopic (exact) mass is 466 g/mol. The number of hydrogen-bond acceptors (Lipinski definition) is 5. The van der Waals surface area contributed by atoms with Crippen molar-refractivity contribution >= 4 is 17.5 Å². The minimum absolute atomic E-state index is 0.0385. The first-order chi connectivity index (χ1) is 15.9. The highest BCUT2D eigenvalue weighted by Gasteiger charge is 2.31. The second-order valence-electron chi connectivity index (χ2n) is 8.44. The van der Waals surface area contributed by atoms with Crippen molar-refractivity contribution in [2.24, 2.45) is 0 Å². The highest BCUT2D eigenvalue weighted by molar-refractivity contribution is 6.30. The number of rotatable bonds is 7. The summed E-state index contributed by atoms with van der Waals surface area (Å²) < 4.78 is 1.58. The van der Waals surface area contributed by atoms with Crippen LogP contribution in [0.5, 0.6) is 5.75 Å². The predicted octanol–water partition coefficient (Wildman–Crippen LogP) is 4.04. The Morgan fingerprint density at radius 1 is 1.24 bits per heavy atom. The molecule has 0 radical (unpaired) electrons. The van der Waals surface area contributed by atoms with Crippen LogP contribution >= 0.6 is 11.6 Å². The molecule has 8 heteroatoms. The maximum absolute atomic E-state index is 13.0. The fourth-order valence-electron chi connectivity index (χ4n) is 4.43. The number of aromatic nitrogens is 3. The van der Waals surface area contributed by atoms with Crippen LogP contribution in [0.25, 0.3) is 0 Å². The summed E-state index contributed by atoms with van der Waals surface area (Å²) in [6.45, 7) is 2.90. The Bertz CT molecular complexity index is 1210. The minimum atomic E-state index is -0.259. The van der Waals surface area contributed by atoms with E-state index >= 15 is 0 Å². The lowest BCUT2D eigenvalue weighted by molar-refractivity contribution is -0.132. The van der Waals surface area contributed by atoms with Crippen LogP contribution in [0.15, 0.2) is 53.6 Å². The van der Waals surface area contributed by atoms with Crippen molar-refractivity contribution in [3.05, 3.63) is 86.8 Å². The Morgan fingerprint density at radius 2 is 2.09 bits per heavy atom. The van der Waals surface area contributed by atoms with E-state index in [0.717, 1.165) is 29.8 Å². The normalized spacial score (nSPS) is 15.7. The number of carbonyl (C=O) groups excluding carboxylic acids is 1. The van der Waals surface area contributed by atoms with Crippen molar-refractivity contribution < 1.29 is 9.90 Å². The number of pyridine rings is 1. The van der Waals surface area contributed by atoms with Gasteiger partial charge < -0.3 is 14.6 Å². The summed E-state index contributed by atoms with van der Waals surface area (Å²) in [5.41, 5.74) is 3.14. The number of aryl methyl sites for hydroxylation is 1. The third-order valence-electron chi connectivity index (χ3n) is 5.98. The molecule has 1 aliphatic rings. The van der Waals surface area contributed by atoms with Crippen LogP contribution in [0.3, 0.4) is 0 Å². The number of likely N-dealkylation sites (tertiary alicyclic amines) is 1. The van der Waals surface area contributed by atoms with Gasteiger partial charge in [0.25, 0.3) is 5.56 Å². The van der Waals surface area contributed by atoms with Crippen molar-refractivity contribution in [2.75, 3.05) is 6.54 Å². The zero-order valence-corrected chi connectivity index (χ0v) is 19.3. The van der Waals surface area contributed by atoms with Gasteiger partial charge >= 0.3 is 0 Å². The lowest BCUT2D eigenvalue weighted by atomic mass is 10.1. The molecule has 0 saturated carbocycles. The average Bonchev–Trinajstić information content (AvgIpc) is 3.26. The molecule has 1 fully saturated rings. The van der Waals surface area contributed by atoms with Crippen LogP contribution in [-0.4, -0.2) is 37.0 Å². The SMILES string of the molecule is Cc1cc(O)cc(=O)n1CCCC(=O)N1CCC[C@@H]1c1cncc(Cc2cccc(Cl)c2)n1. The van der Waals surface area contributed by atoms with Gasteiger partial charge in [0.2, 0.25) is 5.91 Å². The van der Waals surface area contributed by atoms with Gasteiger partial charge in [0.15, 0.2) is 0 Å². The molecule has 1 N–H and O–H groups in total. The van der Waals surface area contributed by atoms with Crippen LogP contribution in [-0.2, 0) is 17.8 Å². The zero-order chi connectivity index (χ0) is 23.4. The summed E-state index contributed by atoms with van der Waals surface area (Å²) in [5.74, 6) is 0.0208. The van der Waals surface area contributed by atoms with Gasteiger partial charge in [-0.1, -0.05) is 23.7 Å². The van der Waals surface area contributed by atoms with E-state index in [1.54, 1.807) is 30.0 Å². The molecule has 3 aromatic rings. The summed E-state index contributed by atoms with van der Waals surface area (Å²) in [7, 11) is 0. The van der Waals surface area contributed by atoms with Crippen LogP contribution < -0.4 is 5.56 Å². The van der Waals surface area contributed by atoms with Crippen molar-refractivity contribution in [1.29, 1.82) is 0 Å². The number of amides is 1. The summed E-state index contributed by atoms with van der Waals surface area (Å²) in [5, 5.41) is 10.2. The Balaban J connectivity index is 1.40. The molecule has 0 spiro atoms. The first kappa shape index (κ1) is 23.0. The van der Waals surface area contributed by atoms with Crippen molar-refractivity contribution in [2.45, 2.75) is 51.6 Å². The second-order valence-corrected chi connectivity index (χ2v) is 8.87. The number of hydrogen-bond donors (Lipinski definition) is 1. The largest absolute Gasteiger partial charge is 0.508 e. The first-order valence-corrected chi connectivity index (χ1v) is 11.5. The van der Waals surface area contributed by atoms with Crippen LogP contribution in [0.4, 0.5) is 0 Å². The van der Waals surface area contributed by atoms with E-state index < -0.39 is 0 Å². The molecule has 172 valence electrons. The molecule has 7 nitrogen and oxygen atoms in total. The maximum atomic E-state index is 13.0. The minimum Gasteiger partial charge on any atom is -0.508 e. The highest BCUT2D eigenvalue weighted by Crippen LogP contribution is 2.31. The van der Waals surface area contributed by atoms with E-state index in [1.165, 1.54) is 6.07 Å². The number of halogens is 1. The number of benzene rings is 1. The molecule has 1 atom stereocenters. The zero-order valence-electron chi connectivity index (χ0n) is 18.6. The quantitative estimate of drug-likeness (QED) is 0.567. The average molecular weight is 467 g/mol. The molecule has 1 amide bonds. The van der Waals surface area contributed by atoms with E-state index in [2.05, 4.69) is 4.98 Å². The van der Waals surface area contributed by atoms with Crippen LogP contribution in [0, 0.1) is 6.92 Å². The molecule has 3 heterocycles. The van der Waals surface area contributed by atoms with Gasteiger partial charge in [-0.05, 0) is 49.9 Å². The van der Waals surface area contributed by atoms with E-state index in [9.17, 15) is 14.7 Å². The molecule has 1 saturated heterocycles. The van der Waals surface area contributed by atoms with Gasteiger partial charge in [0.05, 0.1) is 23.6 Å². The fraction of sp³-hybridized carbons (Fsp3) is 0.360. The van der Waals surface area contributed by atoms with Gasteiger partial charge in [-0.2, -0.15) is 0 Å². The molecule has 4 rings (SSSR count). The van der Waals surface area contributed by atoms with Crippen LogP contribution in [0.1, 0.15) is 54.4 Å². The molecular formula is C25H27ClN4O3. The Labute approximate surface area is 197 Å². The van der Waals surface area contributed by atoms with E-state index in [4.69, 9.17) is 16.6 Å².